The molecule has 0 spiro atoms. The van der Waals surface area contributed by atoms with Gasteiger partial charge in [-0.2, -0.15) is 4.98 Å². The lowest BCUT2D eigenvalue weighted by Crippen LogP contribution is -2.24. The average molecular weight is 345 g/mol. The van der Waals surface area contributed by atoms with Gasteiger partial charge in [-0.25, -0.2) is 4.79 Å². The number of aryl methyl sites for hydroxylation is 1. The van der Waals surface area contributed by atoms with Gasteiger partial charge < -0.3 is 19.9 Å². The SMILES string of the molecule is CCOP(=O)(/C=C/C(CO)CCn1ccc(N)nc1=O)OCC. The van der Waals surface area contributed by atoms with Crippen LogP contribution in [-0.2, 0) is 20.2 Å². The van der Waals surface area contributed by atoms with E-state index in [0.29, 0.717) is 13.0 Å². The van der Waals surface area contributed by atoms with Gasteiger partial charge in [0.05, 0.1) is 13.2 Å². The van der Waals surface area contributed by atoms with Crippen LogP contribution in [0.4, 0.5) is 5.82 Å². The zero-order valence-corrected chi connectivity index (χ0v) is 14.3. The molecule has 1 heterocycles. The van der Waals surface area contributed by atoms with Crippen molar-refractivity contribution in [1.29, 1.82) is 0 Å². The maximum atomic E-state index is 12.3. The topological polar surface area (TPSA) is 117 Å². The quantitative estimate of drug-likeness (QED) is 0.619. The first kappa shape index (κ1) is 19.6. The fourth-order valence-corrected chi connectivity index (χ4v) is 3.30. The molecule has 23 heavy (non-hydrogen) atoms. The molecule has 0 amide bonds. The van der Waals surface area contributed by atoms with Gasteiger partial charge in [-0.05, 0) is 26.3 Å². The summed E-state index contributed by atoms with van der Waals surface area (Å²) in [4.78, 5) is 15.3. The zero-order valence-electron chi connectivity index (χ0n) is 13.4. The third kappa shape index (κ3) is 6.66. The molecule has 130 valence electrons. The van der Waals surface area contributed by atoms with Crippen LogP contribution in [0.3, 0.4) is 0 Å². The van der Waals surface area contributed by atoms with E-state index in [9.17, 15) is 14.5 Å². The number of hydrogen-bond acceptors (Lipinski definition) is 7. The summed E-state index contributed by atoms with van der Waals surface area (Å²) in [5.74, 6) is 1.25. The third-order valence-corrected chi connectivity index (χ3v) is 4.80. The van der Waals surface area contributed by atoms with E-state index in [1.165, 1.54) is 16.5 Å². The Morgan fingerprint density at radius 3 is 2.61 bits per heavy atom. The summed E-state index contributed by atoms with van der Waals surface area (Å²) in [7, 11) is -3.29. The molecular formula is C14H24N3O5P. The number of aromatic nitrogens is 2. The van der Waals surface area contributed by atoms with E-state index < -0.39 is 13.3 Å². The smallest absolute Gasteiger partial charge is 0.353 e. The molecule has 0 fully saturated rings. The van der Waals surface area contributed by atoms with Crippen LogP contribution in [0.25, 0.3) is 0 Å². The summed E-state index contributed by atoms with van der Waals surface area (Å²) >= 11 is 0. The third-order valence-electron chi connectivity index (χ3n) is 3.03. The molecule has 0 saturated heterocycles. The van der Waals surface area contributed by atoms with Crippen LogP contribution in [0.5, 0.6) is 0 Å². The van der Waals surface area contributed by atoms with Crippen LogP contribution < -0.4 is 11.4 Å². The van der Waals surface area contributed by atoms with E-state index in [2.05, 4.69) is 4.98 Å². The number of anilines is 1. The second kappa shape index (κ2) is 9.62. The molecule has 0 aliphatic rings. The van der Waals surface area contributed by atoms with Gasteiger partial charge >= 0.3 is 13.3 Å². The molecule has 0 bridgehead atoms. The number of nitrogen functional groups attached to an aromatic ring is 1. The number of nitrogens with two attached hydrogens (primary N) is 1. The molecule has 0 radical (unpaired) electrons. The Morgan fingerprint density at radius 1 is 1.43 bits per heavy atom. The highest BCUT2D eigenvalue weighted by Crippen LogP contribution is 2.49. The normalized spacial score (nSPS) is 13.5. The predicted molar refractivity (Wildman–Crippen MR) is 88.1 cm³/mol. The van der Waals surface area contributed by atoms with Crippen molar-refractivity contribution in [3.05, 3.63) is 34.6 Å². The number of aliphatic hydroxyl groups is 1. The molecule has 1 rings (SSSR count). The fraction of sp³-hybridized carbons (Fsp3) is 0.571. The second-order valence-corrected chi connectivity index (χ2v) is 6.67. The standard InChI is InChI=1S/C14H24N3O5P/c1-3-21-23(20,22-4-2)10-7-12(11-18)5-8-17-9-6-13(15)16-14(17)19/h6-7,9-10,12,18H,3-5,8,11H2,1-2H3,(H2,15,16,19)/b10-7+. The first-order chi connectivity index (χ1) is 10.9. The summed E-state index contributed by atoms with van der Waals surface area (Å²) in [6.07, 6.45) is 3.62. The van der Waals surface area contributed by atoms with Gasteiger partial charge in [0.2, 0.25) is 0 Å². The van der Waals surface area contributed by atoms with Gasteiger partial charge in [0.25, 0.3) is 0 Å². The first-order valence-electron chi connectivity index (χ1n) is 7.46. The molecule has 1 unspecified atom stereocenters. The largest absolute Gasteiger partial charge is 0.396 e. The van der Waals surface area contributed by atoms with Gasteiger partial charge in [-0.3, -0.25) is 9.13 Å². The van der Waals surface area contributed by atoms with Crippen LogP contribution in [-0.4, -0.2) is 34.5 Å². The second-order valence-electron chi connectivity index (χ2n) is 4.78. The molecule has 0 saturated carbocycles. The maximum absolute atomic E-state index is 12.3. The average Bonchev–Trinajstić information content (AvgIpc) is 2.49. The van der Waals surface area contributed by atoms with Gasteiger partial charge in [0, 0.05) is 31.1 Å². The van der Waals surface area contributed by atoms with Crippen LogP contribution in [0, 0.1) is 5.92 Å². The van der Waals surface area contributed by atoms with Crippen molar-refractivity contribution >= 4 is 13.4 Å². The summed E-state index contributed by atoms with van der Waals surface area (Å²) in [6, 6.07) is 1.53. The van der Waals surface area contributed by atoms with Gasteiger partial charge in [-0.15, -0.1) is 0 Å². The van der Waals surface area contributed by atoms with Crippen LogP contribution in [0.1, 0.15) is 20.3 Å². The van der Waals surface area contributed by atoms with E-state index in [4.69, 9.17) is 14.8 Å². The zero-order chi connectivity index (χ0) is 17.3. The molecule has 1 aromatic rings. The lowest BCUT2D eigenvalue weighted by molar-refractivity contribution is 0.227. The minimum atomic E-state index is -3.29. The van der Waals surface area contributed by atoms with E-state index in [-0.39, 0.29) is 31.6 Å². The molecule has 3 N–H and O–H groups in total. The predicted octanol–water partition coefficient (Wildman–Crippen LogP) is 1.60. The van der Waals surface area contributed by atoms with Crippen molar-refractivity contribution in [2.45, 2.75) is 26.8 Å². The Labute approximate surface area is 135 Å². The molecule has 8 nitrogen and oxygen atoms in total. The molecule has 0 aliphatic carbocycles. The van der Waals surface area contributed by atoms with Crippen molar-refractivity contribution in [3.63, 3.8) is 0 Å². The van der Waals surface area contributed by atoms with E-state index >= 15 is 0 Å². The summed E-state index contributed by atoms with van der Waals surface area (Å²) in [6.45, 7) is 4.18. The minimum absolute atomic E-state index is 0.147. The van der Waals surface area contributed by atoms with Gasteiger partial charge in [0.1, 0.15) is 5.82 Å². The Kier molecular flexibility index (Phi) is 8.19. The fourth-order valence-electron chi connectivity index (χ4n) is 1.88. The lowest BCUT2D eigenvalue weighted by atomic mass is 10.1. The van der Waals surface area contributed by atoms with Crippen molar-refractivity contribution < 1.29 is 18.7 Å². The number of aliphatic hydroxyl groups excluding tert-OH is 1. The number of nitrogens with zero attached hydrogens (tertiary/aromatic N) is 2. The molecule has 1 aromatic heterocycles. The Hall–Kier alpha value is -1.47. The van der Waals surface area contributed by atoms with E-state index in [1.54, 1.807) is 26.1 Å². The number of rotatable bonds is 10. The van der Waals surface area contributed by atoms with Crippen LogP contribution >= 0.6 is 7.60 Å². The van der Waals surface area contributed by atoms with E-state index in [1.807, 2.05) is 0 Å². The minimum Gasteiger partial charge on any atom is -0.396 e. The summed E-state index contributed by atoms with van der Waals surface area (Å²) < 4.78 is 24.0. The van der Waals surface area contributed by atoms with Gasteiger partial charge in [-0.1, -0.05) is 6.08 Å². The molecule has 0 aromatic carbocycles. The van der Waals surface area contributed by atoms with Gasteiger partial charge in [0.15, 0.2) is 0 Å². The highest BCUT2D eigenvalue weighted by Gasteiger charge is 2.19. The monoisotopic (exact) mass is 345 g/mol. The summed E-state index contributed by atoms with van der Waals surface area (Å²) in [5.41, 5.74) is 4.98. The van der Waals surface area contributed by atoms with Crippen molar-refractivity contribution in [2.24, 2.45) is 5.92 Å². The molecule has 9 heteroatoms. The lowest BCUT2D eigenvalue weighted by Gasteiger charge is -2.15. The van der Waals surface area contributed by atoms with Crippen molar-refractivity contribution in [3.8, 4) is 0 Å². The van der Waals surface area contributed by atoms with E-state index in [0.717, 1.165) is 0 Å². The highest BCUT2D eigenvalue weighted by atomic mass is 31.2. The Morgan fingerprint density at radius 2 is 2.09 bits per heavy atom. The molecule has 0 aliphatic heterocycles. The van der Waals surface area contributed by atoms with Crippen LogP contribution in [0.2, 0.25) is 0 Å². The Bertz CT molecular complexity index is 607. The first-order valence-corrected chi connectivity index (χ1v) is 9.07. The van der Waals surface area contributed by atoms with Crippen molar-refractivity contribution in [2.75, 3.05) is 25.6 Å². The molecular weight excluding hydrogens is 321 g/mol. The maximum Gasteiger partial charge on any atom is 0.353 e. The van der Waals surface area contributed by atoms with Crippen LogP contribution in [0.15, 0.2) is 29.0 Å². The summed E-state index contributed by atoms with van der Waals surface area (Å²) in [5, 5.41) is 9.43. The highest BCUT2D eigenvalue weighted by molar-refractivity contribution is 7.57. The number of hydrogen-bond donors (Lipinski definition) is 2. The van der Waals surface area contributed by atoms with Crippen molar-refractivity contribution in [1.82, 2.24) is 9.55 Å². The Balaban J connectivity index is 2.71. The molecule has 1 atom stereocenters.